The summed E-state index contributed by atoms with van der Waals surface area (Å²) in [7, 11) is 0. The zero-order valence-corrected chi connectivity index (χ0v) is 15.0. The summed E-state index contributed by atoms with van der Waals surface area (Å²) in [6.07, 6.45) is -1.38. The molecule has 0 spiro atoms. The van der Waals surface area contributed by atoms with Gasteiger partial charge in [-0.1, -0.05) is 48.5 Å². The average molecular weight is 381 g/mol. The fraction of sp³-hybridized carbons (Fsp3) is 0.238. The SMILES string of the molecule is O=C[C@H](NC(=O)OCC1c2ccccc2-c2ccccc21)C(=O)CCC(=O)O. The number of aliphatic carboxylic acids is 1. The number of Topliss-reactive ketones (excluding diaryl/α,β-unsaturated/α-hetero) is 1. The lowest BCUT2D eigenvalue weighted by atomic mass is 9.98. The van der Waals surface area contributed by atoms with Crippen molar-refractivity contribution in [2.75, 3.05) is 6.61 Å². The molecular weight excluding hydrogens is 362 g/mol. The zero-order chi connectivity index (χ0) is 20.1. The molecule has 1 aliphatic rings. The van der Waals surface area contributed by atoms with Crippen LogP contribution in [-0.2, 0) is 19.1 Å². The quantitative estimate of drug-likeness (QED) is 0.537. The van der Waals surface area contributed by atoms with E-state index in [9.17, 15) is 19.2 Å². The molecule has 2 N–H and O–H groups in total. The number of aldehydes is 1. The Bertz CT molecular complexity index is 877. The van der Waals surface area contributed by atoms with Gasteiger partial charge in [0.05, 0.1) is 6.42 Å². The molecule has 0 aliphatic heterocycles. The van der Waals surface area contributed by atoms with Crippen LogP contribution in [0.25, 0.3) is 11.1 Å². The zero-order valence-electron chi connectivity index (χ0n) is 15.0. The predicted octanol–water partition coefficient (Wildman–Crippen LogP) is 2.53. The number of nitrogens with one attached hydrogen (secondary N) is 1. The van der Waals surface area contributed by atoms with Gasteiger partial charge in [0.25, 0.3) is 0 Å². The predicted molar refractivity (Wildman–Crippen MR) is 99.9 cm³/mol. The van der Waals surface area contributed by atoms with Crippen LogP contribution in [0.5, 0.6) is 0 Å². The number of ether oxygens (including phenoxy) is 1. The van der Waals surface area contributed by atoms with Gasteiger partial charge in [0.2, 0.25) is 0 Å². The Hall–Kier alpha value is -3.48. The van der Waals surface area contributed by atoms with Crippen LogP contribution in [0.2, 0.25) is 0 Å². The number of rotatable bonds is 8. The van der Waals surface area contributed by atoms with E-state index in [-0.39, 0.29) is 25.2 Å². The minimum Gasteiger partial charge on any atom is -0.481 e. The van der Waals surface area contributed by atoms with Crippen molar-refractivity contribution in [3.8, 4) is 11.1 Å². The monoisotopic (exact) mass is 381 g/mol. The minimum atomic E-state index is -1.42. The molecule has 1 atom stereocenters. The Morgan fingerprint density at radius 3 is 2.11 bits per heavy atom. The number of carbonyl (C=O) groups is 4. The van der Waals surface area contributed by atoms with Crippen molar-refractivity contribution in [3.05, 3.63) is 59.7 Å². The van der Waals surface area contributed by atoms with Gasteiger partial charge in [0.1, 0.15) is 18.9 Å². The van der Waals surface area contributed by atoms with Crippen LogP contribution in [0.4, 0.5) is 4.79 Å². The number of alkyl carbamates (subject to hydrolysis) is 1. The molecule has 7 heteroatoms. The second kappa shape index (κ2) is 8.47. The van der Waals surface area contributed by atoms with Gasteiger partial charge < -0.3 is 20.0 Å². The van der Waals surface area contributed by atoms with E-state index in [1.54, 1.807) is 0 Å². The second-order valence-electron chi connectivity index (χ2n) is 6.44. The standard InChI is InChI=1S/C21H19NO6/c23-11-18(19(24)9-10-20(25)26)22-21(27)28-12-17-15-7-3-1-5-13(15)14-6-2-4-8-16(14)17/h1-8,11,17-18H,9-10,12H2,(H,22,27)(H,25,26)/t18-/m0/s1. The fourth-order valence-corrected chi connectivity index (χ4v) is 3.34. The fourth-order valence-electron chi connectivity index (χ4n) is 3.34. The summed E-state index contributed by atoms with van der Waals surface area (Å²) in [5.74, 6) is -1.97. The highest BCUT2D eigenvalue weighted by Crippen LogP contribution is 2.44. The largest absolute Gasteiger partial charge is 0.481 e. The maximum Gasteiger partial charge on any atom is 0.408 e. The minimum absolute atomic E-state index is 0.0504. The maximum absolute atomic E-state index is 12.1. The Labute approximate surface area is 161 Å². The molecule has 0 fully saturated rings. The molecule has 0 unspecified atom stereocenters. The highest BCUT2D eigenvalue weighted by molar-refractivity contribution is 6.00. The van der Waals surface area contributed by atoms with Gasteiger partial charge in [-0.3, -0.25) is 9.59 Å². The van der Waals surface area contributed by atoms with Crippen molar-refractivity contribution in [1.82, 2.24) is 5.32 Å². The van der Waals surface area contributed by atoms with E-state index < -0.39 is 30.3 Å². The van der Waals surface area contributed by atoms with Gasteiger partial charge >= 0.3 is 12.1 Å². The highest BCUT2D eigenvalue weighted by atomic mass is 16.5. The van der Waals surface area contributed by atoms with E-state index in [2.05, 4.69) is 5.32 Å². The molecule has 1 amide bonds. The Kier molecular flexibility index (Phi) is 5.84. The van der Waals surface area contributed by atoms with Crippen molar-refractivity contribution < 1.29 is 29.0 Å². The molecule has 3 rings (SSSR count). The maximum atomic E-state index is 12.1. The Balaban J connectivity index is 1.64. The third-order valence-corrected chi connectivity index (χ3v) is 4.69. The van der Waals surface area contributed by atoms with Crippen LogP contribution in [0.3, 0.4) is 0 Å². The smallest absolute Gasteiger partial charge is 0.408 e. The van der Waals surface area contributed by atoms with Crippen LogP contribution in [-0.4, -0.2) is 41.9 Å². The van der Waals surface area contributed by atoms with E-state index in [1.807, 2.05) is 48.5 Å². The lowest BCUT2D eigenvalue weighted by Crippen LogP contribution is -2.42. The van der Waals surface area contributed by atoms with Crippen LogP contribution < -0.4 is 5.32 Å². The topological polar surface area (TPSA) is 110 Å². The van der Waals surface area contributed by atoms with Crippen molar-refractivity contribution in [1.29, 1.82) is 0 Å². The molecule has 1 aliphatic carbocycles. The number of hydrogen-bond acceptors (Lipinski definition) is 5. The Morgan fingerprint density at radius 1 is 1.00 bits per heavy atom. The van der Waals surface area contributed by atoms with Crippen LogP contribution in [0, 0.1) is 0 Å². The van der Waals surface area contributed by atoms with Gasteiger partial charge in [0.15, 0.2) is 5.78 Å². The molecule has 0 heterocycles. The molecule has 2 aromatic carbocycles. The molecule has 0 bridgehead atoms. The first-order valence-electron chi connectivity index (χ1n) is 8.82. The molecule has 0 saturated heterocycles. The van der Waals surface area contributed by atoms with E-state index >= 15 is 0 Å². The summed E-state index contributed by atoms with van der Waals surface area (Å²) < 4.78 is 5.27. The summed E-state index contributed by atoms with van der Waals surface area (Å²) in [6.45, 7) is 0.0504. The number of carboxylic acid groups (broad SMARTS) is 1. The number of ketones is 1. The van der Waals surface area contributed by atoms with Crippen molar-refractivity contribution in [3.63, 3.8) is 0 Å². The van der Waals surface area contributed by atoms with Gasteiger partial charge in [0, 0.05) is 12.3 Å². The molecule has 28 heavy (non-hydrogen) atoms. The molecule has 2 aromatic rings. The van der Waals surface area contributed by atoms with Gasteiger partial charge in [-0.05, 0) is 22.3 Å². The number of benzene rings is 2. The van der Waals surface area contributed by atoms with Gasteiger partial charge in [-0.15, -0.1) is 0 Å². The van der Waals surface area contributed by atoms with Gasteiger partial charge in [-0.25, -0.2) is 4.79 Å². The number of hydrogen-bond donors (Lipinski definition) is 2. The molecule has 0 saturated carbocycles. The van der Waals surface area contributed by atoms with Crippen molar-refractivity contribution in [2.24, 2.45) is 0 Å². The number of fused-ring (bicyclic) bond motifs is 3. The van der Waals surface area contributed by atoms with Gasteiger partial charge in [-0.2, -0.15) is 0 Å². The number of carboxylic acids is 1. The first-order chi connectivity index (χ1) is 13.5. The first kappa shape index (κ1) is 19.3. The van der Waals surface area contributed by atoms with E-state index in [4.69, 9.17) is 9.84 Å². The van der Waals surface area contributed by atoms with E-state index in [1.165, 1.54) is 0 Å². The third-order valence-electron chi connectivity index (χ3n) is 4.69. The summed E-state index contributed by atoms with van der Waals surface area (Å²) >= 11 is 0. The molecule has 7 nitrogen and oxygen atoms in total. The average Bonchev–Trinajstić information content (AvgIpc) is 3.02. The second-order valence-corrected chi connectivity index (χ2v) is 6.44. The number of carbonyl (C=O) groups excluding carboxylic acids is 3. The number of amides is 1. The van der Waals surface area contributed by atoms with Crippen molar-refractivity contribution in [2.45, 2.75) is 24.8 Å². The van der Waals surface area contributed by atoms with E-state index in [0.29, 0.717) is 0 Å². The van der Waals surface area contributed by atoms with Crippen molar-refractivity contribution >= 4 is 24.1 Å². The van der Waals surface area contributed by atoms with Crippen LogP contribution >= 0.6 is 0 Å². The normalized spacial score (nSPS) is 13.1. The lowest BCUT2D eigenvalue weighted by Gasteiger charge is -2.16. The molecule has 144 valence electrons. The first-order valence-corrected chi connectivity index (χ1v) is 8.82. The van der Waals surface area contributed by atoms with E-state index in [0.717, 1.165) is 22.3 Å². The third kappa shape index (κ3) is 4.09. The molecule has 0 aromatic heterocycles. The van der Waals surface area contributed by atoms with Crippen LogP contribution in [0.15, 0.2) is 48.5 Å². The summed E-state index contributed by atoms with van der Waals surface area (Å²) in [5, 5.41) is 10.8. The Morgan fingerprint density at radius 2 is 1.57 bits per heavy atom. The molecule has 0 radical (unpaired) electrons. The summed E-state index contributed by atoms with van der Waals surface area (Å²) in [5.41, 5.74) is 4.25. The summed E-state index contributed by atoms with van der Waals surface area (Å²) in [6, 6.07) is 14.3. The molecular formula is C21H19NO6. The summed E-state index contributed by atoms with van der Waals surface area (Å²) in [4.78, 5) is 45.5. The lowest BCUT2D eigenvalue weighted by molar-refractivity contribution is -0.139. The van der Waals surface area contributed by atoms with Crippen LogP contribution in [0.1, 0.15) is 29.9 Å². The highest BCUT2D eigenvalue weighted by Gasteiger charge is 2.29.